The van der Waals surface area contributed by atoms with Crippen LogP contribution in [0.2, 0.25) is 0 Å². The van der Waals surface area contributed by atoms with Crippen molar-refractivity contribution >= 4 is 33.3 Å². The monoisotopic (exact) mass is 411 g/mol. The summed E-state index contributed by atoms with van der Waals surface area (Å²) in [7, 11) is 1.61. The van der Waals surface area contributed by atoms with E-state index in [0.717, 1.165) is 35.9 Å². The van der Waals surface area contributed by atoms with Gasteiger partial charge in [0.2, 0.25) is 0 Å². The topological polar surface area (TPSA) is 67.9 Å². The standard InChI is InChI=1S/C21H21N3O2S2/c1-13(12-22)27-21-23-19-18(16-9-4-3-5-10-17(16)28-19)20(25)24(21)14-7-6-8-15(11-14)26-2/h6-8,11,13H,3-5,9-10H2,1-2H3. The zero-order valence-corrected chi connectivity index (χ0v) is 17.5. The van der Waals surface area contributed by atoms with Gasteiger partial charge in [-0.1, -0.05) is 24.2 Å². The first kappa shape index (κ1) is 19.0. The van der Waals surface area contributed by atoms with Crippen molar-refractivity contribution in [2.75, 3.05) is 7.11 Å². The van der Waals surface area contributed by atoms with E-state index in [1.54, 1.807) is 23.0 Å². The van der Waals surface area contributed by atoms with Gasteiger partial charge in [-0.15, -0.1) is 11.3 Å². The molecular weight excluding hydrogens is 390 g/mol. The normalized spacial score (nSPS) is 14.9. The smallest absolute Gasteiger partial charge is 0.267 e. The number of benzene rings is 1. The first-order valence-corrected chi connectivity index (χ1v) is 11.1. The Labute approximate surface area is 172 Å². The van der Waals surface area contributed by atoms with Crippen LogP contribution >= 0.6 is 23.1 Å². The minimum atomic E-state index is -0.306. The number of hydrogen-bond donors (Lipinski definition) is 0. The van der Waals surface area contributed by atoms with Crippen molar-refractivity contribution in [3.63, 3.8) is 0 Å². The molecule has 1 atom stereocenters. The molecule has 4 rings (SSSR count). The summed E-state index contributed by atoms with van der Waals surface area (Å²) in [6, 6.07) is 9.65. The molecular formula is C21H21N3O2S2. The Balaban J connectivity index is 2.00. The number of methoxy groups -OCH3 is 1. The average Bonchev–Trinajstić information content (AvgIpc) is 2.89. The highest BCUT2D eigenvalue weighted by molar-refractivity contribution is 8.00. The highest BCUT2D eigenvalue weighted by Gasteiger charge is 2.23. The maximum atomic E-state index is 13.7. The summed E-state index contributed by atoms with van der Waals surface area (Å²) in [5, 5.41) is 10.3. The Kier molecular flexibility index (Phi) is 5.42. The van der Waals surface area contributed by atoms with Gasteiger partial charge >= 0.3 is 0 Å². The molecule has 144 valence electrons. The van der Waals surface area contributed by atoms with Crippen LogP contribution in [0, 0.1) is 11.3 Å². The summed E-state index contributed by atoms with van der Waals surface area (Å²) >= 11 is 2.96. The van der Waals surface area contributed by atoms with Gasteiger partial charge in [-0.05, 0) is 50.3 Å². The van der Waals surface area contributed by atoms with Crippen LogP contribution in [0.1, 0.15) is 36.6 Å². The number of fused-ring (bicyclic) bond motifs is 3. The first-order valence-electron chi connectivity index (χ1n) is 9.40. The van der Waals surface area contributed by atoms with Gasteiger partial charge in [0.25, 0.3) is 5.56 Å². The van der Waals surface area contributed by atoms with Crippen LogP contribution in [0.3, 0.4) is 0 Å². The molecule has 0 bridgehead atoms. The molecule has 0 aliphatic heterocycles. The number of thioether (sulfide) groups is 1. The molecule has 1 aromatic carbocycles. The van der Waals surface area contributed by atoms with Crippen molar-refractivity contribution in [2.24, 2.45) is 0 Å². The molecule has 7 heteroatoms. The van der Waals surface area contributed by atoms with Gasteiger partial charge in [-0.25, -0.2) is 4.98 Å². The molecule has 1 aliphatic rings. The maximum absolute atomic E-state index is 13.7. The second kappa shape index (κ2) is 7.98. The van der Waals surface area contributed by atoms with Crippen LogP contribution < -0.4 is 10.3 Å². The Morgan fingerprint density at radius 2 is 2.14 bits per heavy atom. The zero-order valence-electron chi connectivity index (χ0n) is 15.9. The third-order valence-electron chi connectivity index (χ3n) is 4.98. The molecule has 0 amide bonds. The lowest BCUT2D eigenvalue weighted by Crippen LogP contribution is -2.22. The molecule has 3 aromatic rings. The van der Waals surface area contributed by atoms with E-state index in [0.29, 0.717) is 16.6 Å². The number of rotatable bonds is 4. The molecule has 0 saturated carbocycles. The average molecular weight is 412 g/mol. The number of hydrogen-bond acceptors (Lipinski definition) is 6. The Hall–Kier alpha value is -2.30. The molecule has 0 fully saturated rings. The SMILES string of the molecule is COc1cccc(-n2c(SC(C)C#N)nc3sc4c(c3c2=O)CCCCC4)c1. The lowest BCUT2D eigenvalue weighted by atomic mass is 10.1. The third-order valence-corrected chi connectivity index (χ3v) is 7.11. The fourth-order valence-electron chi connectivity index (χ4n) is 3.60. The van der Waals surface area contributed by atoms with Crippen LogP contribution in [0.4, 0.5) is 0 Å². The number of aryl methyl sites for hydroxylation is 2. The van der Waals surface area contributed by atoms with Crippen molar-refractivity contribution in [1.29, 1.82) is 5.26 Å². The van der Waals surface area contributed by atoms with E-state index in [-0.39, 0.29) is 10.8 Å². The zero-order chi connectivity index (χ0) is 19.7. The van der Waals surface area contributed by atoms with Crippen molar-refractivity contribution in [2.45, 2.75) is 49.4 Å². The summed E-state index contributed by atoms with van der Waals surface area (Å²) in [6.07, 6.45) is 5.43. The molecule has 0 saturated heterocycles. The maximum Gasteiger partial charge on any atom is 0.267 e. The molecule has 1 aliphatic carbocycles. The third kappa shape index (κ3) is 3.43. The number of aromatic nitrogens is 2. The minimum absolute atomic E-state index is 0.0507. The van der Waals surface area contributed by atoms with Gasteiger partial charge in [0, 0.05) is 10.9 Å². The molecule has 0 radical (unpaired) electrons. The van der Waals surface area contributed by atoms with Crippen molar-refractivity contribution in [3.05, 3.63) is 45.1 Å². The summed E-state index contributed by atoms with van der Waals surface area (Å²) in [5.74, 6) is 0.679. The summed E-state index contributed by atoms with van der Waals surface area (Å²) < 4.78 is 6.99. The highest BCUT2D eigenvalue weighted by atomic mass is 32.2. The highest BCUT2D eigenvalue weighted by Crippen LogP contribution is 2.35. The van der Waals surface area contributed by atoms with Crippen molar-refractivity contribution in [1.82, 2.24) is 9.55 Å². The molecule has 28 heavy (non-hydrogen) atoms. The van der Waals surface area contributed by atoms with Gasteiger partial charge in [0.15, 0.2) is 5.16 Å². The predicted molar refractivity (Wildman–Crippen MR) is 114 cm³/mol. The Morgan fingerprint density at radius 1 is 1.32 bits per heavy atom. The van der Waals surface area contributed by atoms with Gasteiger partial charge < -0.3 is 4.74 Å². The summed E-state index contributed by atoms with van der Waals surface area (Å²) in [4.78, 5) is 20.6. The van der Waals surface area contributed by atoms with E-state index in [1.807, 2.05) is 31.2 Å². The van der Waals surface area contributed by atoms with Crippen LogP contribution in [0.5, 0.6) is 5.75 Å². The number of nitrogens with zero attached hydrogens (tertiary/aromatic N) is 3. The second-order valence-corrected chi connectivity index (χ2v) is 9.26. The van der Waals surface area contributed by atoms with Gasteiger partial charge in [0.05, 0.1) is 29.5 Å². The molecule has 0 N–H and O–H groups in total. The van der Waals surface area contributed by atoms with E-state index in [9.17, 15) is 10.1 Å². The number of thiophene rings is 1. The summed E-state index contributed by atoms with van der Waals surface area (Å²) in [5.41, 5.74) is 1.83. The van der Waals surface area contributed by atoms with Crippen LogP contribution in [0.25, 0.3) is 15.9 Å². The Bertz CT molecular complexity index is 1130. The van der Waals surface area contributed by atoms with Crippen LogP contribution in [-0.2, 0) is 12.8 Å². The molecule has 2 heterocycles. The van der Waals surface area contributed by atoms with Gasteiger partial charge in [0.1, 0.15) is 10.6 Å². The largest absolute Gasteiger partial charge is 0.497 e. The van der Waals surface area contributed by atoms with Gasteiger partial charge in [-0.3, -0.25) is 9.36 Å². The lowest BCUT2D eigenvalue weighted by Gasteiger charge is -2.14. The fraction of sp³-hybridized carbons (Fsp3) is 0.381. The van der Waals surface area contributed by atoms with E-state index in [4.69, 9.17) is 9.72 Å². The number of ether oxygens (including phenoxy) is 1. The van der Waals surface area contributed by atoms with Crippen LogP contribution in [-0.4, -0.2) is 21.9 Å². The van der Waals surface area contributed by atoms with Crippen LogP contribution in [0.15, 0.2) is 34.2 Å². The quantitative estimate of drug-likeness (QED) is 0.353. The van der Waals surface area contributed by atoms with E-state index in [2.05, 4.69) is 6.07 Å². The molecule has 1 unspecified atom stereocenters. The van der Waals surface area contributed by atoms with E-state index in [1.165, 1.54) is 28.6 Å². The fourth-order valence-corrected chi connectivity index (χ4v) is 5.72. The first-order chi connectivity index (χ1) is 13.6. The summed E-state index contributed by atoms with van der Waals surface area (Å²) in [6.45, 7) is 1.82. The van der Waals surface area contributed by atoms with Gasteiger partial charge in [-0.2, -0.15) is 5.26 Å². The van der Waals surface area contributed by atoms with E-state index < -0.39 is 0 Å². The minimum Gasteiger partial charge on any atom is -0.497 e. The lowest BCUT2D eigenvalue weighted by molar-refractivity contribution is 0.414. The van der Waals surface area contributed by atoms with Crippen molar-refractivity contribution in [3.8, 4) is 17.5 Å². The number of nitriles is 1. The second-order valence-electron chi connectivity index (χ2n) is 6.87. The van der Waals surface area contributed by atoms with Crippen molar-refractivity contribution < 1.29 is 4.74 Å². The predicted octanol–water partition coefficient (Wildman–Crippen LogP) is 4.73. The molecule has 0 spiro atoms. The van der Waals surface area contributed by atoms with E-state index >= 15 is 0 Å². The Morgan fingerprint density at radius 3 is 2.93 bits per heavy atom. The molecule has 5 nitrogen and oxygen atoms in total. The molecule has 2 aromatic heterocycles.